The van der Waals surface area contributed by atoms with Crippen LogP contribution in [0.25, 0.3) is 0 Å². The molecule has 0 saturated carbocycles. The molecule has 29 heavy (non-hydrogen) atoms. The third-order valence-electron chi connectivity index (χ3n) is 4.30. The van der Waals surface area contributed by atoms with Gasteiger partial charge >= 0.3 is 5.97 Å². The van der Waals surface area contributed by atoms with Crippen LogP contribution in [0.1, 0.15) is 21.5 Å². The minimum atomic E-state index is -1.11. The molecule has 3 rings (SSSR count). The minimum Gasteiger partial charge on any atom is -0.489 e. The maximum atomic E-state index is 12.3. The number of hydrogen-bond acceptors (Lipinski definition) is 3. The standard InChI is InChI=1S/C23H20ClNO4/c24-19-11-9-18(10-12-19)22(26)25-21(23(27)28)14-17-7-4-8-20(13-17)29-15-16-5-2-1-3-6-16/h1-13,21H,14-15H2,(H,25,26)(H,27,28)/t21-/m1/s1. The maximum Gasteiger partial charge on any atom is 0.326 e. The monoisotopic (exact) mass is 409 g/mol. The zero-order valence-corrected chi connectivity index (χ0v) is 16.3. The number of rotatable bonds is 8. The summed E-state index contributed by atoms with van der Waals surface area (Å²) in [6, 6.07) is 22.2. The van der Waals surface area contributed by atoms with Crippen molar-refractivity contribution in [1.82, 2.24) is 5.32 Å². The van der Waals surface area contributed by atoms with Gasteiger partial charge in [-0.1, -0.05) is 54.1 Å². The van der Waals surface area contributed by atoms with Crippen LogP contribution in [0.15, 0.2) is 78.9 Å². The predicted octanol–water partition coefficient (Wildman–Crippen LogP) is 4.34. The highest BCUT2D eigenvalue weighted by atomic mass is 35.5. The smallest absolute Gasteiger partial charge is 0.326 e. The van der Waals surface area contributed by atoms with Gasteiger partial charge in [0.05, 0.1) is 0 Å². The van der Waals surface area contributed by atoms with Gasteiger partial charge in [-0.25, -0.2) is 4.79 Å². The van der Waals surface area contributed by atoms with Gasteiger partial charge in [0.15, 0.2) is 0 Å². The molecule has 148 valence electrons. The van der Waals surface area contributed by atoms with E-state index in [0.29, 0.717) is 22.9 Å². The molecule has 0 aliphatic carbocycles. The Kier molecular flexibility index (Phi) is 6.87. The molecule has 5 nitrogen and oxygen atoms in total. The Labute approximate surface area is 173 Å². The normalized spacial score (nSPS) is 11.5. The van der Waals surface area contributed by atoms with Crippen molar-refractivity contribution >= 4 is 23.5 Å². The zero-order valence-electron chi connectivity index (χ0n) is 15.5. The lowest BCUT2D eigenvalue weighted by Gasteiger charge is -2.15. The van der Waals surface area contributed by atoms with Gasteiger partial charge in [0.1, 0.15) is 18.4 Å². The number of hydrogen-bond donors (Lipinski definition) is 2. The fourth-order valence-electron chi connectivity index (χ4n) is 2.78. The molecule has 0 fully saturated rings. The molecule has 1 atom stereocenters. The number of nitrogens with one attached hydrogen (secondary N) is 1. The summed E-state index contributed by atoms with van der Waals surface area (Å²) in [5.41, 5.74) is 2.14. The van der Waals surface area contributed by atoms with E-state index in [4.69, 9.17) is 16.3 Å². The van der Waals surface area contributed by atoms with Crippen LogP contribution in [-0.2, 0) is 17.8 Å². The summed E-state index contributed by atoms with van der Waals surface area (Å²) in [5, 5.41) is 12.6. The first kappa shape index (κ1) is 20.4. The summed E-state index contributed by atoms with van der Waals surface area (Å²) >= 11 is 5.82. The molecule has 6 heteroatoms. The quantitative estimate of drug-likeness (QED) is 0.580. The third-order valence-corrected chi connectivity index (χ3v) is 4.55. The second kappa shape index (κ2) is 9.75. The van der Waals surface area contributed by atoms with E-state index < -0.39 is 17.9 Å². The molecule has 0 aliphatic rings. The number of carboxylic acid groups (broad SMARTS) is 1. The number of halogens is 1. The number of aliphatic carboxylic acids is 1. The summed E-state index contributed by atoms with van der Waals surface area (Å²) in [6.07, 6.45) is 0.136. The molecule has 0 heterocycles. The Bertz CT molecular complexity index is 974. The largest absolute Gasteiger partial charge is 0.489 e. The van der Waals surface area contributed by atoms with Gasteiger partial charge < -0.3 is 15.2 Å². The number of ether oxygens (including phenoxy) is 1. The van der Waals surface area contributed by atoms with E-state index in [-0.39, 0.29) is 6.42 Å². The molecule has 0 bridgehead atoms. The fraction of sp³-hybridized carbons (Fsp3) is 0.130. The highest BCUT2D eigenvalue weighted by Gasteiger charge is 2.21. The molecule has 2 N–H and O–H groups in total. The van der Waals surface area contributed by atoms with Crippen LogP contribution < -0.4 is 10.1 Å². The molecule has 0 radical (unpaired) electrons. The lowest BCUT2D eigenvalue weighted by atomic mass is 10.0. The molecular weight excluding hydrogens is 390 g/mol. The van der Waals surface area contributed by atoms with Gasteiger partial charge in [-0.2, -0.15) is 0 Å². The van der Waals surface area contributed by atoms with Gasteiger partial charge in [0.2, 0.25) is 0 Å². The molecule has 3 aromatic rings. The van der Waals surface area contributed by atoms with E-state index >= 15 is 0 Å². The van der Waals surface area contributed by atoms with Crippen LogP contribution in [0.3, 0.4) is 0 Å². The van der Waals surface area contributed by atoms with Crippen molar-refractivity contribution in [2.75, 3.05) is 0 Å². The number of carbonyl (C=O) groups excluding carboxylic acids is 1. The lowest BCUT2D eigenvalue weighted by molar-refractivity contribution is -0.139. The topological polar surface area (TPSA) is 75.6 Å². The van der Waals surface area contributed by atoms with Gasteiger partial charge in [-0.05, 0) is 47.5 Å². The number of carbonyl (C=O) groups is 2. The van der Waals surface area contributed by atoms with Crippen molar-refractivity contribution in [1.29, 1.82) is 0 Å². The molecule has 0 aliphatic heterocycles. The second-order valence-electron chi connectivity index (χ2n) is 6.50. The lowest BCUT2D eigenvalue weighted by Crippen LogP contribution is -2.42. The van der Waals surface area contributed by atoms with Crippen molar-refractivity contribution in [3.8, 4) is 5.75 Å². The zero-order chi connectivity index (χ0) is 20.6. The Morgan fingerprint density at radius 2 is 1.62 bits per heavy atom. The third kappa shape index (κ3) is 6.09. The van der Waals surface area contributed by atoms with Gasteiger partial charge in [-0.15, -0.1) is 0 Å². The Hall–Kier alpha value is -3.31. The van der Waals surface area contributed by atoms with Crippen molar-refractivity contribution < 1.29 is 19.4 Å². The first-order valence-electron chi connectivity index (χ1n) is 9.06. The predicted molar refractivity (Wildman–Crippen MR) is 111 cm³/mol. The summed E-state index contributed by atoms with van der Waals surface area (Å²) < 4.78 is 5.79. The maximum absolute atomic E-state index is 12.3. The van der Waals surface area contributed by atoms with E-state index in [1.807, 2.05) is 36.4 Å². The summed E-state index contributed by atoms with van der Waals surface area (Å²) in [6.45, 7) is 0.417. The first-order chi connectivity index (χ1) is 14.0. The van der Waals surface area contributed by atoms with Crippen LogP contribution in [0, 0.1) is 0 Å². The fourth-order valence-corrected chi connectivity index (χ4v) is 2.91. The summed E-state index contributed by atoms with van der Waals surface area (Å²) in [4.78, 5) is 24.0. The van der Waals surface area contributed by atoms with E-state index in [1.165, 1.54) is 0 Å². The molecule has 3 aromatic carbocycles. The average molecular weight is 410 g/mol. The number of benzene rings is 3. The molecular formula is C23H20ClNO4. The van der Waals surface area contributed by atoms with Crippen LogP contribution in [0.5, 0.6) is 5.75 Å². The molecule has 0 aromatic heterocycles. The van der Waals surface area contributed by atoms with Crippen molar-refractivity contribution in [3.05, 3.63) is 101 Å². The van der Waals surface area contributed by atoms with Crippen LogP contribution in [0.4, 0.5) is 0 Å². The van der Waals surface area contributed by atoms with Gasteiger partial charge in [0, 0.05) is 17.0 Å². The molecule has 0 unspecified atom stereocenters. The van der Waals surface area contributed by atoms with Crippen molar-refractivity contribution in [3.63, 3.8) is 0 Å². The number of carboxylic acids is 1. The molecule has 0 saturated heterocycles. The van der Waals surface area contributed by atoms with E-state index in [9.17, 15) is 14.7 Å². The van der Waals surface area contributed by atoms with Crippen LogP contribution >= 0.6 is 11.6 Å². The second-order valence-corrected chi connectivity index (χ2v) is 6.93. The van der Waals surface area contributed by atoms with E-state index in [0.717, 1.165) is 11.1 Å². The highest BCUT2D eigenvalue weighted by Crippen LogP contribution is 2.17. The number of amides is 1. The molecule has 0 spiro atoms. The minimum absolute atomic E-state index is 0.136. The highest BCUT2D eigenvalue weighted by molar-refractivity contribution is 6.30. The van der Waals surface area contributed by atoms with Crippen molar-refractivity contribution in [2.24, 2.45) is 0 Å². The van der Waals surface area contributed by atoms with Crippen LogP contribution in [0.2, 0.25) is 5.02 Å². The van der Waals surface area contributed by atoms with Gasteiger partial charge in [0.25, 0.3) is 5.91 Å². The Morgan fingerprint density at radius 1 is 0.931 bits per heavy atom. The molecule has 1 amide bonds. The van der Waals surface area contributed by atoms with Crippen molar-refractivity contribution in [2.45, 2.75) is 19.1 Å². The average Bonchev–Trinajstić information content (AvgIpc) is 2.73. The van der Waals surface area contributed by atoms with E-state index in [2.05, 4.69) is 5.32 Å². The first-order valence-corrected chi connectivity index (χ1v) is 9.44. The Balaban J connectivity index is 1.64. The van der Waals surface area contributed by atoms with Gasteiger partial charge in [-0.3, -0.25) is 4.79 Å². The summed E-state index contributed by atoms with van der Waals surface area (Å²) in [7, 11) is 0. The van der Waals surface area contributed by atoms with Crippen LogP contribution in [-0.4, -0.2) is 23.0 Å². The SMILES string of the molecule is O=C(N[C@H](Cc1cccc(OCc2ccccc2)c1)C(=O)O)c1ccc(Cl)cc1. The summed E-state index contributed by atoms with van der Waals surface area (Å²) in [5.74, 6) is -0.937. The Morgan fingerprint density at radius 3 is 2.31 bits per heavy atom. The van der Waals surface area contributed by atoms with E-state index in [1.54, 1.807) is 42.5 Å².